The maximum Gasteiger partial charge on any atom is 0.245 e. The standard InChI is InChI=1S/C26H35N5OS/c1-19-15-23(29-26(33)28-19)25(32)31-13-10-22(11-14-31)24(16-20-7-4-3-5-8-20)30(2)18-21-9-6-12-27-17-21/h3-9,12,17,19,22-24H,10-11,13-16,18H2,1-2H3,(H2,28,29,33)/t19-,23+,24?/m1/s1. The Kier molecular flexibility index (Phi) is 7.93. The van der Waals surface area contributed by atoms with Gasteiger partial charge in [-0.1, -0.05) is 36.4 Å². The normalized spacial score (nSPS) is 22.5. The van der Waals surface area contributed by atoms with E-state index < -0.39 is 0 Å². The molecule has 1 aromatic heterocycles. The van der Waals surface area contributed by atoms with Crippen molar-refractivity contribution in [2.24, 2.45) is 5.92 Å². The number of likely N-dealkylation sites (tertiary alicyclic amines) is 1. The predicted molar refractivity (Wildman–Crippen MR) is 136 cm³/mol. The highest BCUT2D eigenvalue weighted by molar-refractivity contribution is 7.80. The first kappa shape index (κ1) is 23.6. The van der Waals surface area contributed by atoms with Crippen LogP contribution in [0, 0.1) is 5.92 Å². The number of aromatic nitrogens is 1. The summed E-state index contributed by atoms with van der Waals surface area (Å²) in [4.78, 5) is 21.9. The van der Waals surface area contributed by atoms with E-state index >= 15 is 0 Å². The van der Waals surface area contributed by atoms with E-state index in [0.29, 0.717) is 17.1 Å². The Morgan fingerprint density at radius 2 is 1.88 bits per heavy atom. The zero-order valence-corrected chi connectivity index (χ0v) is 20.4. The zero-order chi connectivity index (χ0) is 23.2. The third kappa shape index (κ3) is 6.30. The quantitative estimate of drug-likeness (QED) is 0.613. The maximum atomic E-state index is 13.1. The summed E-state index contributed by atoms with van der Waals surface area (Å²) in [5, 5.41) is 6.94. The number of piperidine rings is 1. The van der Waals surface area contributed by atoms with Gasteiger partial charge in [-0.25, -0.2) is 0 Å². The second-order valence-corrected chi connectivity index (χ2v) is 9.91. The van der Waals surface area contributed by atoms with Crippen LogP contribution in [0.1, 0.15) is 37.3 Å². The number of rotatable bonds is 7. The summed E-state index contributed by atoms with van der Waals surface area (Å²) >= 11 is 5.27. The summed E-state index contributed by atoms with van der Waals surface area (Å²) in [6.07, 6.45) is 7.59. The second-order valence-electron chi connectivity index (χ2n) is 9.50. The van der Waals surface area contributed by atoms with Crippen LogP contribution in [-0.4, -0.2) is 64.1 Å². The number of amides is 1. The maximum absolute atomic E-state index is 13.1. The Morgan fingerprint density at radius 3 is 2.55 bits per heavy atom. The van der Waals surface area contributed by atoms with E-state index in [-0.39, 0.29) is 18.0 Å². The molecule has 2 aliphatic heterocycles. The molecule has 2 aromatic rings. The molecule has 0 radical (unpaired) electrons. The molecule has 1 unspecified atom stereocenters. The highest BCUT2D eigenvalue weighted by Crippen LogP contribution is 2.28. The summed E-state index contributed by atoms with van der Waals surface area (Å²) in [6, 6.07) is 15.3. The minimum absolute atomic E-state index is 0.187. The van der Waals surface area contributed by atoms with E-state index in [9.17, 15) is 4.79 Å². The topological polar surface area (TPSA) is 60.5 Å². The fourth-order valence-electron chi connectivity index (χ4n) is 5.22. The van der Waals surface area contributed by atoms with Gasteiger partial charge in [0.15, 0.2) is 5.11 Å². The lowest BCUT2D eigenvalue weighted by Crippen LogP contribution is -2.60. The lowest BCUT2D eigenvalue weighted by molar-refractivity contribution is -0.135. The SMILES string of the molecule is C[C@@H]1C[C@@H](C(=O)N2CCC(C(Cc3ccccc3)N(C)Cc3cccnc3)CC2)NC(=S)N1. The Morgan fingerprint density at radius 1 is 1.15 bits per heavy atom. The Labute approximate surface area is 202 Å². The van der Waals surface area contributed by atoms with Gasteiger partial charge >= 0.3 is 0 Å². The summed E-state index contributed by atoms with van der Waals surface area (Å²) in [5.41, 5.74) is 2.59. The molecule has 3 heterocycles. The highest BCUT2D eigenvalue weighted by atomic mass is 32.1. The molecule has 2 N–H and O–H groups in total. The third-order valence-electron chi connectivity index (χ3n) is 6.97. The van der Waals surface area contributed by atoms with E-state index in [1.807, 2.05) is 23.4 Å². The molecule has 1 amide bonds. The number of benzene rings is 1. The largest absolute Gasteiger partial charge is 0.360 e. The lowest BCUT2D eigenvalue weighted by atomic mass is 9.84. The summed E-state index contributed by atoms with van der Waals surface area (Å²) in [6.45, 7) is 4.56. The van der Waals surface area contributed by atoms with Gasteiger partial charge in [0.2, 0.25) is 5.91 Å². The number of likely N-dealkylation sites (N-methyl/N-ethyl adjacent to an activating group) is 1. The van der Waals surface area contributed by atoms with Crippen molar-refractivity contribution in [1.82, 2.24) is 25.4 Å². The van der Waals surface area contributed by atoms with Crippen LogP contribution in [0.4, 0.5) is 0 Å². The van der Waals surface area contributed by atoms with Crippen LogP contribution >= 0.6 is 12.2 Å². The van der Waals surface area contributed by atoms with Gasteiger partial charge in [-0.3, -0.25) is 14.7 Å². The number of nitrogens with one attached hydrogen (secondary N) is 2. The number of hydrogen-bond donors (Lipinski definition) is 2. The minimum atomic E-state index is -0.210. The summed E-state index contributed by atoms with van der Waals surface area (Å²) < 4.78 is 0. The van der Waals surface area contributed by atoms with E-state index in [2.05, 4.69) is 70.9 Å². The van der Waals surface area contributed by atoms with E-state index in [1.54, 1.807) is 0 Å². The van der Waals surface area contributed by atoms with Gasteiger partial charge in [0.05, 0.1) is 0 Å². The number of carbonyl (C=O) groups excluding carboxylic acids is 1. The smallest absolute Gasteiger partial charge is 0.245 e. The molecule has 1 aromatic carbocycles. The van der Waals surface area contributed by atoms with E-state index in [1.165, 1.54) is 11.1 Å². The Hall–Kier alpha value is -2.51. The number of hydrogen-bond acceptors (Lipinski definition) is 4. The van der Waals surface area contributed by atoms with Crippen molar-refractivity contribution in [3.8, 4) is 0 Å². The molecule has 0 bridgehead atoms. The third-order valence-corrected chi connectivity index (χ3v) is 7.21. The van der Waals surface area contributed by atoms with Crippen LogP contribution in [-0.2, 0) is 17.8 Å². The van der Waals surface area contributed by atoms with Crippen molar-refractivity contribution in [3.05, 3.63) is 66.0 Å². The summed E-state index contributed by atoms with van der Waals surface area (Å²) in [7, 11) is 2.22. The Balaban J connectivity index is 1.41. The van der Waals surface area contributed by atoms with Gasteiger partial charge in [0.25, 0.3) is 0 Å². The predicted octanol–water partition coefficient (Wildman–Crippen LogP) is 2.99. The van der Waals surface area contributed by atoms with E-state index in [0.717, 1.165) is 45.3 Å². The number of carbonyl (C=O) groups is 1. The minimum Gasteiger partial charge on any atom is -0.360 e. The van der Waals surface area contributed by atoms with Crippen LogP contribution in [0.3, 0.4) is 0 Å². The molecule has 0 saturated carbocycles. The fraction of sp³-hybridized carbons (Fsp3) is 0.500. The van der Waals surface area contributed by atoms with Gasteiger partial charge in [-0.15, -0.1) is 0 Å². The van der Waals surface area contributed by atoms with Crippen LogP contribution in [0.15, 0.2) is 54.9 Å². The molecule has 3 atom stereocenters. The number of nitrogens with zero attached hydrogens (tertiary/aromatic N) is 3. The van der Waals surface area contributed by atoms with Crippen molar-refractivity contribution in [2.75, 3.05) is 20.1 Å². The number of thiocarbonyl (C=S) groups is 1. The second kappa shape index (κ2) is 11.1. The Bertz CT molecular complexity index is 917. The molecule has 0 aliphatic carbocycles. The first-order valence-electron chi connectivity index (χ1n) is 12.0. The van der Waals surface area contributed by atoms with Crippen LogP contribution in [0.5, 0.6) is 0 Å². The molecule has 0 spiro atoms. The average Bonchev–Trinajstić information content (AvgIpc) is 2.83. The first-order valence-corrected chi connectivity index (χ1v) is 12.4. The molecule has 33 heavy (non-hydrogen) atoms. The molecule has 176 valence electrons. The first-order chi connectivity index (χ1) is 16.0. The monoisotopic (exact) mass is 465 g/mol. The molecule has 2 fully saturated rings. The van der Waals surface area contributed by atoms with Crippen molar-refractivity contribution in [1.29, 1.82) is 0 Å². The van der Waals surface area contributed by atoms with Crippen LogP contribution < -0.4 is 10.6 Å². The van der Waals surface area contributed by atoms with Gasteiger partial charge in [0.1, 0.15) is 6.04 Å². The van der Waals surface area contributed by atoms with E-state index in [4.69, 9.17) is 12.2 Å². The van der Waals surface area contributed by atoms with Gasteiger partial charge < -0.3 is 15.5 Å². The highest BCUT2D eigenvalue weighted by Gasteiger charge is 2.35. The molecular formula is C26H35N5OS. The molecular weight excluding hydrogens is 430 g/mol. The molecule has 7 heteroatoms. The molecule has 4 rings (SSSR count). The summed E-state index contributed by atoms with van der Waals surface area (Å²) in [5.74, 6) is 0.726. The van der Waals surface area contributed by atoms with Gasteiger partial charge in [-0.2, -0.15) is 0 Å². The van der Waals surface area contributed by atoms with Crippen molar-refractivity contribution >= 4 is 23.2 Å². The van der Waals surface area contributed by atoms with Crippen molar-refractivity contribution < 1.29 is 4.79 Å². The van der Waals surface area contributed by atoms with Crippen molar-refractivity contribution in [3.63, 3.8) is 0 Å². The zero-order valence-electron chi connectivity index (χ0n) is 19.6. The van der Waals surface area contributed by atoms with Crippen molar-refractivity contribution in [2.45, 2.75) is 57.3 Å². The fourth-order valence-corrected chi connectivity index (χ4v) is 5.56. The van der Waals surface area contributed by atoms with Gasteiger partial charge in [0, 0.05) is 44.1 Å². The van der Waals surface area contributed by atoms with Gasteiger partial charge in [-0.05, 0) is 75.0 Å². The van der Waals surface area contributed by atoms with Crippen LogP contribution in [0.25, 0.3) is 0 Å². The van der Waals surface area contributed by atoms with Crippen LogP contribution in [0.2, 0.25) is 0 Å². The average molecular weight is 466 g/mol. The molecule has 6 nitrogen and oxygen atoms in total. The molecule has 2 saturated heterocycles. The lowest BCUT2D eigenvalue weighted by Gasteiger charge is -2.41. The molecule has 2 aliphatic rings. The number of pyridine rings is 1.